The number of fused-ring (bicyclic) bond motifs is 1. The largest absolute Gasteiger partial charge is 0.480 e. The van der Waals surface area contributed by atoms with Gasteiger partial charge in [0.2, 0.25) is 11.8 Å². The van der Waals surface area contributed by atoms with E-state index < -0.39 is 37.8 Å². The Kier molecular flexibility index (Phi) is 9.78. The Morgan fingerprint density at radius 2 is 1.82 bits per heavy atom. The second-order valence-electron chi connectivity index (χ2n) is 10.6. The molecule has 14 heteroatoms. The molecule has 4 aromatic rings. The molecule has 1 saturated carbocycles. The maximum Gasteiger partial charge on any atom is 0.267 e. The van der Waals surface area contributed by atoms with E-state index in [1.807, 2.05) is 0 Å². The van der Waals surface area contributed by atoms with E-state index in [1.54, 1.807) is 25.4 Å². The molecule has 44 heavy (non-hydrogen) atoms. The molecule has 0 radical (unpaired) electrons. The summed E-state index contributed by atoms with van der Waals surface area (Å²) in [6, 6.07) is 8.62. The number of halogens is 3. The molecule has 0 aliphatic heterocycles. The first-order chi connectivity index (χ1) is 21.1. The van der Waals surface area contributed by atoms with Crippen LogP contribution in [-0.2, 0) is 14.8 Å². The Hall–Kier alpha value is -3.65. The maximum absolute atomic E-state index is 15.7. The Labute approximate surface area is 259 Å². The van der Waals surface area contributed by atoms with Crippen LogP contribution < -0.4 is 14.8 Å². The highest BCUT2D eigenvalue weighted by molar-refractivity contribution is 7.92. The topological polar surface area (TPSA) is 119 Å². The zero-order chi connectivity index (χ0) is 31.4. The number of rotatable bonds is 11. The number of nitrogens with zero attached hydrogens (tertiary/aromatic N) is 4. The van der Waals surface area contributed by atoms with E-state index in [9.17, 15) is 12.8 Å². The van der Waals surface area contributed by atoms with Crippen LogP contribution in [0.3, 0.4) is 0 Å². The molecule has 2 aromatic heterocycles. The van der Waals surface area contributed by atoms with Gasteiger partial charge in [0.15, 0.2) is 10.7 Å². The monoisotopic (exact) mass is 646 g/mol. The van der Waals surface area contributed by atoms with Crippen LogP contribution in [-0.4, -0.2) is 74.8 Å². The minimum Gasteiger partial charge on any atom is -0.480 e. The summed E-state index contributed by atoms with van der Waals surface area (Å²) in [5, 5.41) is 4.03. The van der Waals surface area contributed by atoms with Gasteiger partial charge >= 0.3 is 0 Å². The lowest BCUT2D eigenvalue weighted by Gasteiger charge is -2.34. The zero-order valence-corrected chi connectivity index (χ0v) is 26.1. The zero-order valence-electron chi connectivity index (χ0n) is 24.5. The number of hydrogen-bond donors (Lipinski definition) is 2. The molecule has 0 amide bonds. The summed E-state index contributed by atoms with van der Waals surface area (Å²) >= 11 is 5.92. The quantitative estimate of drug-likeness (QED) is 0.210. The van der Waals surface area contributed by atoms with Gasteiger partial charge in [0.1, 0.15) is 5.82 Å². The normalized spacial score (nSPS) is 17.2. The van der Waals surface area contributed by atoms with E-state index in [1.165, 1.54) is 19.4 Å². The summed E-state index contributed by atoms with van der Waals surface area (Å²) < 4.78 is 69.2. The van der Waals surface area contributed by atoms with Crippen LogP contribution in [0.15, 0.2) is 53.7 Å². The van der Waals surface area contributed by atoms with Gasteiger partial charge in [0.25, 0.3) is 10.0 Å². The first-order valence-electron chi connectivity index (χ1n) is 14.0. The fourth-order valence-corrected chi connectivity index (χ4v) is 6.80. The van der Waals surface area contributed by atoms with Crippen molar-refractivity contribution in [1.82, 2.24) is 19.9 Å². The fourth-order valence-electron chi connectivity index (χ4n) is 5.37. The molecule has 0 spiro atoms. The van der Waals surface area contributed by atoms with Crippen LogP contribution in [0.1, 0.15) is 25.7 Å². The number of anilines is 2. The summed E-state index contributed by atoms with van der Waals surface area (Å²) in [4.78, 5) is 14.8. The number of likely N-dealkylation sites (N-methyl/N-ethyl adjacent to an activating group) is 1. The summed E-state index contributed by atoms with van der Waals surface area (Å²) in [5.74, 6) is -1.70. The third-order valence-corrected chi connectivity index (χ3v) is 9.34. The molecule has 0 atom stereocenters. The molecular formula is C30H33ClF2N6O4S. The summed E-state index contributed by atoms with van der Waals surface area (Å²) in [6.45, 7) is 1.61. The molecule has 1 aliphatic rings. The van der Waals surface area contributed by atoms with Crippen molar-refractivity contribution in [2.75, 3.05) is 44.5 Å². The minimum absolute atomic E-state index is 0.0390. The van der Waals surface area contributed by atoms with Crippen molar-refractivity contribution in [3.63, 3.8) is 0 Å². The summed E-state index contributed by atoms with van der Waals surface area (Å²) in [7, 11) is 0.680. The molecule has 0 saturated heterocycles. The standard InChI is InChI=1S/C30H33ClF2N6O4S/c1-39(12-13-42-2)22-7-5-21(6-8-22)36-30-35-16-19-14-18(4-10-24(19)37-30)27-23(32)9-11-25(28(27)33)38-44(40,41)26-15-20(31)17-34-29(26)43-3/h4,9-11,14-17,21-22,38H,5-8,12-13H2,1-3H3,(H,35,36,37). The molecular weight excluding hydrogens is 614 g/mol. The van der Waals surface area contributed by atoms with Crippen LogP contribution >= 0.6 is 11.6 Å². The van der Waals surface area contributed by atoms with E-state index in [4.69, 9.17) is 21.1 Å². The predicted octanol–water partition coefficient (Wildman–Crippen LogP) is 5.73. The number of hydrogen-bond acceptors (Lipinski definition) is 9. The molecule has 10 nitrogen and oxygen atoms in total. The minimum atomic E-state index is -4.39. The van der Waals surface area contributed by atoms with Crippen LogP contribution in [0, 0.1) is 11.6 Å². The van der Waals surface area contributed by atoms with Crippen molar-refractivity contribution in [3.05, 3.63) is 65.4 Å². The SMILES string of the molecule is COCCN(C)C1CCC(Nc2ncc3cc(-c4c(F)ccc(NS(=O)(=O)c5cc(Cl)cnc5OC)c4F)ccc3n2)CC1. The van der Waals surface area contributed by atoms with Gasteiger partial charge in [-0.2, -0.15) is 0 Å². The molecule has 2 N–H and O–H groups in total. The van der Waals surface area contributed by atoms with Gasteiger partial charge in [0, 0.05) is 43.5 Å². The van der Waals surface area contributed by atoms with E-state index >= 15 is 4.39 Å². The van der Waals surface area contributed by atoms with Gasteiger partial charge < -0.3 is 19.7 Å². The third-order valence-electron chi connectivity index (χ3n) is 7.77. The highest BCUT2D eigenvalue weighted by atomic mass is 35.5. The lowest BCUT2D eigenvalue weighted by molar-refractivity contribution is 0.121. The van der Waals surface area contributed by atoms with E-state index in [-0.39, 0.29) is 22.5 Å². The third kappa shape index (κ3) is 7.01. The van der Waals surface area contributed by atoms with Crippen molar-refractivity contribution < 1.29 is 26.7 Å². The Morgan fingerprint density at radius 3 is 2.55 bits per heavy atom. The van der Waals surface area contributed by atoms with Gasteiger partial charge in [-0.3, -0.25) is 4.72 Å². The highest BCUT2D eigenvalue weighted by Gasteiger charge is 2.26. The van der Waals surface area contributed by atoms with Gasteiger partial charge in [-0.1, -0.05) is 17.7 Å². The van der Waals surface area contributed by atoms with Crippen molar-refractivity contribution in [1.29, 1.82) is 0 Å². The van der Waals surface area contributed by atoms with Crippen LogP contribution in [0.2, 0.25) is 5.02 Å². The van der Waals surface area contributed by atoms with E-state index in [0.717, 1.165) is 50.4 Å². The van der Waals surface area contributed by atoms with Crippen LogP contribution in [0.4, 0.5) is 20.4 Å². The van der Waals surface area contributed by atoms with Gasteiger partial charge in [-0.15, -0.1) is 0 Å². The molecule has 2 aromatic carbocycles. The highest BCUT2D eigenvalue weighted by Crippen LogP contribution is 2.34. The number of methoxy groups -OCH3 is 2. The van der Waals surface area contributed by atoms with Crippen LogP contribution in [0.5, 0.6) is 5.88 Å². The first-order valence-corrected chi connectivity index (χ1v) is 15.9. The second-order valence-corrected chi connectivity index (χ2v) is 12.7. The number of sulfonamides is 1. The van der Waals surface area contributed by atoms with E-state index in [2.05, 4.69) is 36.9 Å². The second kappa shape index (κ2) is 13.6. The van der Waals surface area contributed by atoms with Gasteiger partial charge in [-0.25, -0.2) is 32.2 Å². The molecule has 0 bridgehead atoms. The molecule has 1 aliphatic carbocycles. The Balaban J connectivity index is 1.33. The lowest BCUT2D eigenvalue weighted by atomic mass is 9.90. The molecule has 234 valence electrons. The smallest absolute Gasteiger partial charge is 0.267 e. The number of nitrogens with one attached hydrogen (secondary N) is 2. The number of pyridine rings is 1. The fraction of sp³-hybridized carbons (Fsp3) is 0.367. The van der Waals surface area contributed by atoms with Crippen molar-refractivity contribution in [2.45, 2.75) is 42.7 Å². The van der Waals surface area contributed by atoms with Crippen LogP contribution in [0.25, 0.3) is 22.0 Å². The van der Waals surface area contributed by atoms with Gasteiger partial charge in [-0.05, 0) is 68.6 Å². The number of aromatic nitrogens is 3. The van der Waals surface area contributed by atoms with Crippen molar-refractivity contribution >= 4 is 44.2 Å². The Morgan fingerprint density at radius 1 is 1.05 bits per heavy atom. The first kappa shape index (κ1) is 31.8. The van der Waals surface area contributed by atoms with E-state index in [0.29, 0.717) is 29.5 Å². The van der Waals surface area contributed by atoms with Crippen molar-refractivity contribution in [3.8, 4) is 17.0 Å². The number of benzene rings is 2. The summed E-state index contributed by atoms with van der Waals surface area (Å²) in [6.07, 6.45) is 6.91. The predicted molar refractivity (Wildman–Crippen MR) is 166 cm³/mol. The maximum atomic E-state index is 15.7. The molecule has 1 fully saturated rings. The van der Waals surface area contributed by atoms with Gasteiger partial charge in [0.05, 0.1) is 35.5 Å². The molecule has 0 unspecified atom stereocenters. The average Bonchev–Trinajstić information content (AvgIpc) is 3.01. The van der Waals surface area contributed by atoms with Crippen molar-refractivity contribution in [2.24, 2.45) is 0 Å². The number of ether oxygens (including phenoxy) is 2. The summed E-state index contributed by atoms with van der Waals surface area (Å²) in [5.41, 5.74) is -0.0788. The molecule has 2 heterocycles. The lowest BCUT2D eigenvalue weighted by Crippen LogP contribution is -2.39. The Bertz CT molecular complexity index is 1760. The average molecular weight is 647 g/mol. The molecule has 5 rings (SSSR count).